The Morgan fingerprint density at radius 3 is 2.85 bits per heavy atom. The molecule has 1 saturated heterocycles. The minimum Gasteiger partial charge on any atom is -0.367 e. The fourth-order valence-corrected chi connectivity index (χ4v) is 2.25. The molecule has 1 N–H and O–H groups in total. The van der Waals surface area contributed by atoms with Crippen molar-refractivity contribution in [2.45, 2.75) is 19.1 Å². The molecule has 2 nitrogen and oxygen atoms in total. The highest BCUT2D eigenvalue weighted by Crippen LogP contribution is 2.24. The van der Waals surface area contributed by atoms with Gasteiger partial charge in [0.1, 0.15) is 0 Å². The molecule has 0 atom stereocenters. The van der Waals surface area contributed by atoms with Crippen molar-refractivity contribution in [3.8, 4) is 0 Å². The topological polar surface area (TPSA) is 21.3 Å². The predicted octanol–water partition coefficient (Wildman–Crippen LogP) is 2.28. The maximum absolute atomic E-state index is 5.81. The van der Waals surface area contributed by atoms with Gasteiger partial charge in [0.15, 0.2) is 0 Å². The van der Waals surface area contributed by atoms with E-state index in [-0.39, 0.29) is 5.60 Å². The van der Waals surface area contributed by atoms with E-state index < -0.39 is 0 Å². The van der Waals surface area contributed by atoms with Crippen molar-refractivity contribution < 1.29 is 4.74 Å². The SMILES string of the molecule is CC1(OCc2ccc(Cl)s2)CNC1. The molecule has 1 aromatic heterocycles. The number of ether oxygens (including phenoxy) is 1. The lowest BCUT2D eigenvalue weighted by Crippen LogP contribution is -2.58. The first-order valence-corrected chi connectivity index (χ1v) is 5.46. The van der Waals surface area contributed by atoms with E-state index in [9.17, 15) is 0 Å². The third-order valence-electron chi connectivity index (χ3n) is 2.19. The summed E-state index contributed by atoms with van der Waals surface area (Å²) in [5.74, 6) is 0. The molecule has 1 aromatic rings. The van der Waals surface area contributed by atoms with Crippen LogP contribution in [0.25, 0.3) is 0 Å². The molecule has 72 valence electrons. The number of nitrogens with one attached hydrogen (secondary N) is 1. The second kappa shape index (κ2) is 3.58. The van der Waals surface area contributed by atoms with Crippen molar-refractivity contribution in [3.05, 3.63) is 21.3 Å². The number of rotatable bonds is 3. The monoisotopic (exact) mass is 217 g/mol. The minimum atomic E-state index is 0.0382. The molecular formula is C9H12ClNOS. The first-order chi connectivity index (χ1) is 6.18. The molecule has 0 aromatic carbocycles. The molecular weight excluding hydrogens is 206 g/mol. The van der Waals surface area contributed by atoms with Gasteiger partial charge in [-0.15, -0.1) is 11.3 Å². The van der Waals surface area contributed by atoms with E-state index in [2.05, 4.69) is 12.2 Å². The van der Waals surface area contributed by atoms with Crippen molar-refractivity contribution in [1.82, 2.24) is 5.32 Å². The van der Waals surface area contributed by atoms with Crippen LogP contribution in [-0.2, 0) is 11.3 Å². The molecule has 1 fully saturated rings. The Kier molecular flexibility index (Phi) is 2.60. The highest BCUT2D eigenvalue weighted by Gasteiger charge is 2.32. The van der Waals surface area contributed by atoms with Crippen LogP contribution in [0.3, 0.4) is 0 Å². The van der Waals surface area contributed by atoms with Gasteiger partial charge in [-0.05, 0) is 19.1 Å². The van der Waals surface area contributed by atoms with Gasteiger partial charge >= 0.3 is 0 Å². The van der Waals surface area contributed by atoms with Crippen LogP contribution in [0, 0.1) is 0 Å². The zero-order valence-corrected chi connectivity index (χ0v) is 9.04. The Labute approximate surface area is 86.9 Å². The highest BCUT2D eigenvalue weighted by atomic mass is 35.5. The first-order valence-electron chi connectivity index (χ1n) is 4.27. The second-order valence-corrected chi connectivity index (χ2v) is 5.35. The molecule has 2 heterocycles. The van der Waals surface area contributed by atoms with E-state index >= 15 is 0 Å². The van der Waals surface area contributed by atoms with Crippen LogP contribution in [0.5, 0.6) is 0 Å². The van der Waals surface area contributed by atoms with Gasteiger partial charge in [0, 0.05) is 18.0 Å². The highest BCUT2D eigenvalue weighted by molar-refractivity contribution is 7.16. The van der Waals surface area contributed by atoms with Crippen molar-refractivity contribution in [2.24, 2.45) is 0 Å². The molecule has 1 aliphatic heterocycles. The smallest absolute Gasteiger partial charge is 0.0932 e. The van der Waals surface area contributed by atoms with Gasteiger partial charge in [0.25, 0.3) is 0 Å². The number of hydrogen-bond donors (Lipinski definition) is 1. The van der Waals surface area contributed by atoms with E-state index in [0.717, 1.165) is 17.4 Å². The van der Waals surface area contributed by atoms with Crippen LogP contribution in [0.4, 0.5) is 0 Å². The van der Waals surface area contributed by atoms with Gasteiger partial charge in [-0.3, -0.25) is 0 Å². The van der Waals surface area contributed by atoms with Crippen molar-refractivity contribution >= 4 is 22.9 Å². The van der Waals surface area contributed by atoms with Crippen LogP contribution in [0.15, 0.2) is 12.1 Å². The number of halogens is 1. The van der Waals surface area contributed by atoms with Crippen molar-refractivity contribution in [1.29, 1.82) is 0 Å². The van der Waals surface area contributed by atoms with E-state index in [4.69, 9.17) is 16.3 Å². The predicted molar refractivity (Wildman–Crippen MR) is 55.4 cm³/mol. The summed E-state index contributed by atoms with van der Waals surface area (Å²) >= 11 is 7.39. The Morgan fingerprint density at radius 1 is 1.62 bits per heavy atom. The van der Waals surface area contributed by atoms with Crippen LogP contribution < -0.4 is 5.32 Å². The molecule has 1 aliphatic rings. The molecule has 0 aliphatic carbocycles. The molecule has 2 rings (SSSR count). The average molecular weight is 218 g/mol. The van der Waals surface area contributed by atoms with E-state index in [0.29, 0.717) is 6.61 Å². The summed E-state index contributed by atoms with van der Waals surface area (Å²) in [5, 5.41) is 3.20. The molecule has 0 unspecified atom stereocenters. The molecule has 0 amide bonds. The van der Waals surface area contributed by atoms with Gasteiger partial charge in [0.2, 0.25) is 0 Å². The summed E-state index contributed by atoms with van der Waals surface area (Å²) < 4.78 is 6.58. The Morgan fingerprint density at radius 2 is 2.38 bits per heavy atom. The second-order valence-electron chi connectivity index (χ2n) is 3.55. The van der Waals surface area contributed by atoms with E-state index in [1.54, 1.807) is 11.3 Å². The molecule has 13 heavy (non-hydrogen) atoms. The summed E-state index contributed by atoms with van der Waals surface area (Å²) in [7, 11) is 0. The summed E-state index contributed by atoms with van der Waals surface area (Å²) in [6.07, 6.45) is 0. The van der Waals surface area contributed by atoms with Crippen LogP contribution >= 0.6 is 22.9 Å². The van der Waals surface area contributed by atoms with Gasteiger partial charge in [-0.2, -0.15) is 0 Å². The standard InChI is InChI=1S/C9H12ClNOS/c1-9(5-11-6-9)12-4-7-2-3-8(10)13-7/h2-3,11H,4-6H2,1H3. The zero-order valence-electron chi connectivity index (χ0n) is 7.47. The van der Waals surface area contributed by atoms with Crippen molar-refractivity contribution in [2.75, 3.05) is 13.1 Å². The third-order valence-corrected chi connectivity index (χ3v) is 3.39. The fraction of sp³-hybridized carbons (Fsp3) is 0.556. The van der Waals surface area contributed by atoms with Gasteiger partial charge in [0.05, 0.1) is 16.5 Å². The molecule has 0 spiro atoms. The summed E-state index contributed by atoms with van der Waals surface area (Å²) in [6.45, 7) is 4.70. The van der Waals surface area contributed by atoms with Gasteiger partial charge in [-0.1, -0.05) is 11.6 Å². The zero-order chi connectivity index (χ0) is 9.31. The van der Waals surface area contributed by atoms with Crippen molar-refractivity contribution in [3.63, 3.8) is 0 Å². The lowest BCUT2D eigenvalue weighted by Gasteiger charge is -2.38. The van der Waals surface area contributed by atoms with Gasteiger partial charge < -0.3 is 10.1 Å². The van der Waals surface area contributed by atoms with Gasteiger partial charge in [-0.25, -0.2) is 0 Å². The van der Waals surface area contributed by atoms with E-state index in [1.807, 2.05) is 12.1 Å². The summed E-state index contributed by atoms with van der Waals surface area (Å²) in [5.41, 5.74) is 0.0382. The third kappa shape index (κ3) is 2.23. The summed E-state index contributed by atoms with van der Waals surface area (Å²) in [6, 6.07) is 3.93. The Bertz CT molecular complexity index is 296. The lowest BCUT2D eigenvalue weighted by atomic mass is 10.0. The summed E-state index contributed by atoms with van der Waals surface area (Å²) in [4.78, 5) is 1.19. The molecule has 0 bridgehead atoms. The maximum Gasteiger partial charge on any atom is 0.0932 e. The largest absolute Gasteiger partial charge is 0.367 e. The lowest BCUT2D eigenvalue weighted by molar-refractivity contribution is -0.0757. The Hall–Kier alpha value is -0.0900. The van der Waals surface area contributed by atoms with Crippen LogP contribution in [0.1, 0.15) is 11.8 Å². The average Bonchev–Trinajstić information content (AvgIpc) is 2.44. The normalized spacial score (nSPS) is 19.8. The quantitative estimate of drug-likeness (QED) is 0.839. The number of thiophene rings is 1. The minimum absolute atomic E-state index is 0.0382. The van der Waals surface area contributed by atoms with E-state index in [1.165, 1.54) is 4.88 Å². The van der Waals surface area contributed by atoms with Crippen LogP contribution in [0.2, 0.25) is 4.34 Å². The fourth-order valence-electron chi connectivity index (χ4n) is 1.25. The maximum atomic E-state index is 5.81. The molecule has 0 radical (unpaired) electrons. The first kappa shape index (κ1) is 9.46. The number of hydrogen-bond acceptors (Lipinski definition) is 3. The van der Waals surface area contributed by atoms with Crippen LogP contribution in [-0.4, -0.2) is 18.7 Å². The Balaban J connectivity index is 1.85. The molecule has 0 saturated carbocycles. The molecule has 4 heteroatoms.